The lowest BCUT2D eigenvalue weighted by Gasteiger charge is -2.09. The van der Waals surface area contributed by atoms with E-state index in [2.05, 4.69) is 59.6 Å². The Balaban J connectivity index is 1.69. The topological polar surface area (TPSA) is 25.2 Å². The molecule has 4 rings (SSSR count). The normalized spacial score (nSPS) is 17.9. The predicted octanol–water partition coefficient (Wildman–Crippen LogP) is 4.47. The van der Waals surface area contributed by atoms with Crippen LogP contribution in [0, 0.1) is 0 Å². The van der Waals surface area contributed by atoms with E-state index in [0.717, 1.165) is 17.3 Å². The van der Waals surface area contributed by atoms with Gasteiger partial charge in [-0.25, -0.2) is 0 Å². The van der Waals surface area contributed by atoms with E-state index in [-0.39, 0.29) is 0 Å². The zero-order valence-corrected chi connectivity index (χ0v) is 12.3. The lowest BCUT2D eigenvalue weighted by molar-refractivity contribution is 0.966. The minimum absolute atomic E-state index is 0.405. The van der Waals surface area contributed by atoms with Gasteiger partial charge in [-0.2, -0.15) is 0 Å². The standard InChI is InChI=1S/C18H14N2S/c1-2-7-14(8-3-1)16-12-20-18(21-16)17-15-9-5-4-6-13(15)10-11-19-17/h1-11,16H,12H2/t16-/m1/s1. The molecular formula is C18H14N2S. The van der Waals surface area contributed by atoms with Gasteiger partial charge < -0.3 is 0 Å². The second kappa shape index (κ2) is 5.34. The summed E-state index contributed by atoms with van der Waals surface area (Å²) in [5, 5.41) is 3.86. The Hall–Kier alpha value is -2.13. The van der Waals surface area contributed by atoms with Gasteiger partial charge in [0.25, 0.3) is 0 Å². The van der Waals surface area contributed by atoms with E-state index in [1.807, 2.05) is 24.0 Å². The summed E-state index contributed by atoms with van der Waals surface area (Å²) < 4.78 is 0. The highest BCUT2D eigenvalue weighted by Crippen LogP contribution is 2.38. The van der Waals surface area contributed by atoms with Crippen LogP contribution < -0.4 is 0 Å². The first-order valence-electron chi connectivity index (χ1n) is 7.02. The lowest BCUT2D eigenvalue weighted by Crippen LogP contribution is -1.98. The summed E-state index contributed by atoms with van der Waals surface area (Å²) in [6.07, 6.45) is 1.87. The van der Waals surface area contributed by atoms with E-state index < -0.39 is 0 Å². The molecule has 0 unspecified atom stereocenters. The Bertz CT molecular complexity index is 806. The van der Waals surface area contributed by atoms with Crippen LogP contribution >= 0.6 is 11.8 Å². The van der Waals surface area contributed by atoms with E-state index in [1.54, 1.807) is 0 Å². The van der Waals surface area contributed by atoms with Crippen LogP contribution in [-0.2, 0) is 0 Å². The minimum atomic E-state index is 0.405. The van der Waals surface area contributed by atoms with Gasteiger partial charge in [0.05, 0.1) is 11.8 Å². The molecule has 0 saturated carbocycles. The minimum Gasteiger partial charge on any atom is -0.275 e. The summed E-state index contributed by atoms with van der Waals surface area (Å²) in [7, 11) is 0. The van der Waals surface area contributed by atoms with Crippen molar-refractivity contribution in [3.8, 4) is 0 Å². The number of rotatable bonds is 2. The van der Waals surface area contributed by atoms with Crippen molar-refractivity contribution in [2.45, 2.75) is 5.25 Å². The second-order valence-corrected chi connectivity index (χ2v) is 6.24. The molecule has 0 bridgehead atoms. The first-order chi connectivity index (χ1) is 10.4. The molecule has 3 aromatic rings. The molecule has 0 radical (unpaired) electrons. The number of aromatic nitrogens is 1. The number of pyridine rings is 1. The van der Waals surface area contributed by atoms with Crippen LogP contribution in [0.1, 0.15) is 16.5 Å². The SMILES string of the molecule is c1ccc([C@H]2CN=C(c3nccc4ccccc34)S2)cc1. The molecule has 0 fully saturated rings. The Morgan fingerprint density at radius 2 is 1.71 bits per heavy atom. The Morgan fingerprint density at radius 3 is 2.62 bits per heavy atom. The Kier molecular flexibility index (Phi) is 3.20. The van der Waals surface area contributed by atoms with Crippen molar-refractivity contribution in [1.82, 2.24) is 4.98 Å². The third kappa shape index (κ3) is 2.34. The highest BCUT2D eigenvalue weighted by Gasteiger charge is 2.23. The Labute approximate surface area is 127 Å². The van der Waals surface area contributed by atoms with Gasteiger partial charge >= 0.3 is 0 Å². The maximum Gasteiger partial charge on any atom is 0.117 e. The first kappa shape index (κ1) is 12.6. The van der Waals surface area contributed by atoms with Crippen molar-refractivity contribution in [2.24, 2.45) is 4.99 Å². The molecule has 2 nitrogen and oxygen atoms in total. The van der Waals surface area contributed by atoms with Gasteiger partial charge in [0.15, 0.2) is 0 Å². The van der Waals surface area contributed by atoms with Crippen LogP contribution in [0.25, 0.3) is 10.8 Å². The molecular weight excluding hydrogens is 276 g/mol. The van der Waals surface area contributed by atoms with Gasteiger partial charge in [-0.05, 0) is 17.0 Å². The molecule has 102 valence electrons. The van der Waals surface area contributed by atoms with Crippen molar-refractivity contribution in [1.29, 1.82) is 0 Å². The van der Waals surface area contributed by atoms with E-state index in [9.17, 15) is 0 Å². The molecule has 3 heteroatoms. The number of fused-ring (bicyclic) bond motifs is 1. The molecule has 2 aromatic carbocycles. The quantitative estimate of drug-likeness (QED) is 0.695. The zero-order chi connectivity index (χ0) is 14.1. The number of thioether (sulfide) groups is 1. The van der Waals surface area contributed by atoms with Crippen LogP contribution in [-0.4, -0.2) is 16.6 Å². The van der Waals surface area contributed by atoms with Gasteiger partial charge in [0.1, 0.15) is 10.7 Å². The van der Waals surface area contributed by atoms with Gasteiger partial charge in [0, 0.05) is 11.6 Å². The zero-order valence-electron chi connectivity index (χ0n) is 11.4. The molecule has 0 saturated heterocycles. The fourth-order valence-electron chi connectivity index (χ4n) is 2.64. The predicted molar refractivity (Wildman–Crippen MR) is 89.9 cm³/mol. The average Bonchev–Trinajstić information content (AvgIpc) is 3.05. The van der Waals surface area contributed by atoms with Crippen molar-refractivity contribution < 1.29 is 0 Å². The van der Waals surface area contributed by atoms with Crippen LogP contribution in [0.5, 0.6) is 0 Å². The Morgan fingerprint density at radius 1 is 0.905 bits per heavy atom. The molecule has 2 heterocycles. The summed E-state index contributed by atoms with van der Waals surface area (Å²) >= 11 is 1.82. The molecule has 0 N–H and O–H groups in total. The fourth-order valence-corrected chi connectivity index (χ4v) is 3.77. The molecule has 1 atom stereocenters. The number of aliphatic imine (C=N–C) groups is 1. The highest BCUT2D eigenvalue weighted by atomic mass is 32.2. The maximum atomic E-state index is 4.73. The maximum absolute atomic E-state index is 4.73. The summed E-state index contributed by atoms with van der Waals surface area (Å²) in [5.74, 6) is 0. The molecule has 1 aliphatic heterocycles. The number of nitrogens with zero attached hydrogens (tertiary/aromatic N) is 2. The monoisotopic (exact) mass is 290 g/mol. The largest absolute Gasteiger partial charge is 0.275 e. The van der Waals surface area contributed by atoms with E-state index in [4.69, 9.17) is 4.99 Å². The molecule has 21 heavy (non-hydrogen) atoms. The van der Waals surface area contributed by atoms with Crippen molar-refractivity contribution in [3.05, 3.63) is 78.1 Å². The number of benzene rings is 2. The molecule has 1 aliphatic rings. The second-order valence-electron chi connectivity index (χ2n) is 5.04. The van der Waals surface area contributed by atoms with Crippen molar-refractivity contribution in [3.63, 3.8) is 0 Å². The molecule has 0 spiro atoms. The average molecular weight is 290 g/mol. The third-order valence-corrected chi connectivity index (χ3v) is 4.95. The van der Waals surface area contributed by atoms with E-state index in [1.165, 1.54) is 16.3 Å². The number of hydrogen-bond acceptors (Lipinski definition) is 3. The smallest absolute Gasteiger partial charge is 0.117 e. The summed E-state index contributed by atoms with van der Waals surface area (Å²) in [4.78, 5) is 9.30. The summed E-state index contributed by atoms with van der Waals surface area (Å²) in [6.45, 7) is 0.828. The van der Waals surface area contributed by atoms with Crippen LogP contribution in [0.4, 0.5) is 0 Å². The van der Waals surface area contributed by atoms with Crippen molar-refractivity contribution >= 4 is 27.6 Å². The highest BCUT2D eigenvalue weighted by molar-refractivity contribution is 8.14. The first-order valence-corrected chi connectivity index (χ1v) is 7.90. The fraction of sp³-hybridized carbons (Fsp3) is 0.111. The summed E-state index contributed by atoms with van der Waals surface area (Å²) in [6, 6.07) is 21.0. The van der Waals surface area contributed by atoms with Crippen LogP contribution in [0.2, 0.25) is 0 Å². The van der Waals surface area contributed by atoms with Crippen LogP contribution in [0.15, 0.2) is 71.9 Å². The molecule has 1 aromatic heterocycles. The third-order valence-electron chi connectivity index (χ3n) is 3.70. The summed E-state index contributed by atoms with van der Waals surface area (Å²) in [5.41, 5.74) is 2.35. The molecule has 0 amide bonds. The van der Waals surface area contributed by atoms with Gasteiger partial charge in [-0.3, -0.25) is 9.98 Å². The van der Waals surface area contributed by atoms with Gasteiger partial charge in [-0.15, -0.1) is 0 Å². The lowest BCUT2D eigenvalue weighted by atomic mass is 10.1. The number of hydrogen-bond donors (Lipinski definition) is 0. The van der Waals surface area contributed by atoms with E-state index >= 15 is 0 Å². The van der Waals surface area contributed by atoms with Crippen LogP contribution in [0.3, 0.4) is 0 Å². The van der Waals surface area contributed by atoms with E-state index in [0.29, 0.717) is 5.25 Å². The van der Waals surface area contributed by atoms with Crippen molar-refractivity contribution in [2.75, 3.05) is 6.54 Å². The van der Waals surface area contributed by atoms with Gasteiger partial charge in [-0.1, -0.05) is 66.4 Å². The molecule has 0 aliphatic carbocycles. The van der Waals surface area contributed by atoms with Gasteiger partial charge in [0.2, 0.25) is 0 Å².